The predicted octanol–water partition coefficient (Wildman–Crippen LogP) is 4.72. The molecule has 3 rings (SSSR count). The summed E-state index contributed by atoms with van der Waals surface area (Å²) >= 11 is 0. The number of anilines is 1. The van der Waals surface area contributed by atoms with Crippen LogP contribution in [0.4, 0.5) is 11.4 Å². The molecule has 1 amide bonds. The minimum absolute atomic E-state index is 0.157. The summed E-state index contributed by atoms with van der Waals surface area (Å²) in [6, 6.07) is 19.0. The number of nitrogens with zero attached hydrogens (tertiary/aromatic N) is 1. The lowest BCUT2D eigenvalue weighted by molar-refractivity contribution is -0.384. The second-order valence-corrected chi connectivity index (χ2v) is 6.11. The average molecular weight is 388 g/mol. The van der Waals surface area contributed by atoms with Crippen molar-refractivity contribution in [3.05, 3.63) is 105 Å². The molecular formula is C22H16N2O5. The number of carbonyl (C=O) groups is 2. The van der Waals surface area contributed by atoms with E-state index >= 15 is 0 Å². The van der Waals surface area contributed by atoms with Crippen LogP contribution < -0.4 is 5.32 Å². The Balaban J connectivity index is 1.80. The van der Waals surface area contributed by atoms with Gasteiger partial charge in [-0.15, -0.1) is 0 Å². The van der Waals surface area contributed by atoms with E-state index in [9.17, 15) is 19.7 Å². The maximum absolute atomic E-state index is 12.5. The lowest BCUT2D eigenvalue weighted by Crippen LogP contribution is -2.12. The molecule has 0 aliphatic rings. The highest BCUT2D eigenvalue weighted by molar-refractivity contribution is 6.05. The van der Waals surface area contributed by atoms with Gasteiger partial charge < -0.3 is 10.4 Å². The molecule has 0 bridgehead atoms. The summed E-state index contributed by atoms with van der Waals surface area (Å²) in [6.07, 6.45) is 3.59. The Morgan fingerprint density at radius 2 is 1.62 bits per heavy atom. The van der Waals surface area contributed by atoms with E-state index in [1.165, 1.54) is 36.4 Å². The van der Waals surface area contributed by atoms with Crippen LogP contribution in [-0.2, 0) is 0 Å². The molecule has 0 heterocycles. The number of aromatic carboxylic acids is 1. The fraction of sp³-hybridized carbons (Fsp3) is 0. The van der Waals surface area contributed by atoms with Crippen LogP contribution in [0.1, 0.15) is 31.8 Å². The number of hydrogen-bond donors (Lipinski definition) is 2. The van der Waals surface area contributed by atoms with Crippen molar-refractivity contribution >= 4 is 35.4 Å². The predicted molar refractivity (Wildman–Crippen MR) is 110 cm³/mol. The molecule has 3 aromatic carbocycles. The van der Waals surface area contributed by atoms with E-state index in [0.717, 1.165) is 11.1 Å². The number of nitro benzene ring substituents is 1. The minimum atomic E-state index is -0.991. The van der Waals surface area contributed by atoms with Gasteiger partial charge in [-0.25, -0.2) is 4.79 Å². The number of carbonyl (C=O) groups excluding carboxylic acids is 1. The molecule has 0 aliphatic heterocycles. The maximum atomic E-state index is 12.5. The van der Waals surface area contributed by atoms with Gasteiger partial charge in [-0.05, 0) is 35.4 Å². The summed E-state index contributed by atoms with van der Waals surface area (Å²) in [5.74, 6) is -1.45. The molecule has 0 saturated carbocycles. The fourth-order valence-corrected chi connectivity index (χ4v) is 2.63. The Morgan fingerprint density at radius 3 is 2.31 bits per heavy atom. The fourth-order valence-electron chi connectivity index (χ4n) is 2.63. The summed E-state index contributed by atoms with van der Waals surface area (Å²) in [4.78, 5) is 33.8. The standard InChI is InChI=1S/C22H16N2O5/c25-21(18-5-3-6-19(14-18)24(28)29)23-20-7-2-1-4-16(20)11-8-15-9-12-17(13-10-15)22(26)27/h1-14H,(H,23,25)(H,26,27). The number of amides is 1. The van der Waals surface area contributed by atoms with Crippen LogP contribution in [-0.4, -0.2) is 21.9 Å². The molecule has 0 atom stereocenters. The molecule has 0 fully saturated rings. The highest BCUT2D eigenvalue weighted by Gasteiger charge is 2.12. The zero-order chi connectivity index (χ0) is 20.8. The first-order valence-electron chi connectivity index (χ1n) is 8.60. The highest BCUT2D eigenvalue weighted by atomic mass is 16.6. The molecule has 2 N–H and O–H groups in total. The van der Waals surface area contributed by atoms with Gasteiger partial charge in [-0.3, -0.25) is 14.9 Å². The van der Waals surface area contributed by atoms with Crippen molar-refractivity contribution in [2.24, 2.45) is 0 Å². The van der Waals surface area contributed by atoms with Gasteiger partial charge in [0.05, 0.1) is 10.5 Å². The zero-order valence-corrected chi connectivity index (χ0v) is 15.1. The molecule has 7 nitrogen and oxygen atoms in total. The van der Waals surface area contributed by atoms with Crippen molar-refractivity contribution in [3.8, 4) is 0 Å². The monoisotopic (exact) mass is 388 g/mol. The van der Waals surface area contributed by atoms with E-state index in [2.05, 4.69) is 5.32 Å². The average Bonchev–Trinajstić information content (AvgIpc) is 2.73. The third kappa shape index (κ3) is 4.92. The number of para-hydroxylation sites is 1. The molecule has 7 heteroatoms. The number of non-ortho nitro benzene ring substituents is 1. The van der Waals surface area contributed by atoms with Gasteiger partial charge >= 0.3 is 5.97 Å². The van der Waals surface area contributed by atoms with Crippen molar-refractivity contribution in [2.75, 3.05) is 5.32 Å². The number of carboxylic acids is 1. The van der Waals surface area contributed by atoms with Gasteiger partial charge in [0.2, 0.25) is 0 Å². The van der Waals surface area contributed by atoms with Crippen molar-refractivity contribution in [3.63, 3.8) is 0 Å². The van der Waals surface area contributed by atoms with Crippen LogP contribution in [0.25, 0.3) is 12.2 Å². The summed E-state index contributed by atoms with van der Waals surface area (Å²) in [5.41, 5.74) is 2.30. The summed E-state index contributed by atoms with van der Waals surface area (Å²) in [6.45, 7) is 0. The van der Waals surface area contributed by atoms with Crippen LogP contribution in [0.5, 0.6) is 0 Å². The van der Waals surface area contributed by atoms with Gasteiger partial charge in [0.25, 0.3) is 11.6 Å². The van der Waals surface area contributed by atoms with Crippen LogP contribution in [0.15, 0.2) is 72.8 Å². The highest BCUT2D eigenvalue weighted by Crippen LogP contribution is 2.20. The molecule has 144 valence electrons. The van der Waals surface area contributed by atoms with Gasteiger partial charge in [0.15, 0.2) is 0 Å². The molecule has 3 aromatic rings. The topological polar surface area (TPSA) is 110 Å². The Hall–Kier alpha value is -4.26. The summed E-state index contributed by atoms with van der Waals surface area (Å²) in [5, 5.41) is 22.6. The normalized spacial score (nSPS) is 10.6. The van der Waals surface area contributed by atoms with Gasteiger partial charge in [-0.1, -0.05) is 48.6 Å². The van der Waals surface area contributed by atoms with Crippen LogP contribution in [0, 0.1) is 10.1 Å². The van der Waals surface area contributed by atoms with E-state index in [1.54, 1.807) is 36.4 Å². The van der Waals surface area contributed by atoms with E-state index in [-0.39, 0.29) is 16.8 Å². The van der Waals surface area contributed by atoms with Crippen LogP contribution in [0.2, 0.25) is 0 Å². The quantitative estimate of drug-likeness (QED) is 0.361. The molecule has 0 spiro atoms. The Bertz CT molecular complexity index is 1100. The maximum Gasteiger partial charge on any atom is 0.335 e. The van der Waals surface area contributed by atoms with Crippen LogP contribution >= 0.6 is 0 Å². The smallest absolute Gasteiger partial charge is 0.335 e. The molecule has 0 saturated heterocycles. The first kappa shape index (κ1) is 19.5. The minimum Gasteiger partial charge on any atom is -0.478 e. The van der Waals surface area contributed by atoms with E-state index in [1.807, 2.05) is 12.1 Å². The molecule has 0 radical (unpaired) electrons. The lowest BCUT2D eigenvalue weighted by atomic mass is 10.1. The Kier molecular flexibility index (Phi) is 5.80. The van der Waals surface area contributed by atoms with Crippen molar-refractivity contribution in [1.29, 1.82) is 0 Å². The molecule has 0 unspecified atom stereocenters. The SMILES string of the molecule is O=C(O)c1ccc(C=Cc2ccccc2NC(=O)c2cccc([N+](=O)[O-])c2)cc1. The summed E-state index contributed by atoms with van der Waals surface area (Å²) < 4.78 is 0. The molecular weight excluding hydrogens is 372 g/mol. The summed E-state index contributed by atoms with van der Waals surface area (Å²) in [7, 11) is 0. The third-order valence-corrected chi connectivity index (χ3v) is 4.14. The number of benzene rings is 3. The number of nitrogens with one attached hydrogen (secondary N) is 1. The number of nitro groups is 1. The van der Waals surface area contributed by atoms with Gasteiger partial charge in [0.1, 0.15) is 0 Å². The zero-order valence-electron chi connectivity index (χ0n) is 15.1. The first-order valence-corrected chi connectivity index (χ1v) is 8.60. The van der Waals surface area contributed by atoms with E-state index in [4.69, 9.17) is 5.11 Å². The second-order valence-electron chi connectivity index (χ2n) is 6.11. The number of rotatable bonds is 6. The molecule has 0 aliphatic carbocycles. The van der Waals surface area contributed by atoms with Gasteiger partial charge in [-0.2, -0.15) is 0 Å². The third-order valence-electron chi connectivity index (χ3n) is 4.14. The Morgan fingerprint density at radius 1 is 0.897 bits per heavy atom. The second kappa shape index (κ2) is 8.62. The lowest BCUT2D eigenvalue weighted by Gasteiger charge is -2.08. The first-order chi connectivity index (χ1) is 13.9. The Labute approximate surface area is 166 Å². The molecule has 0 aromatic heterocycles. The largest absolute Gasteiger partial charge is 0.478 e. The number of carboxylic acid groups (broad SMARTS) is 1. The van der Waals surface area contributed by atoms with Crippen molar-refractivity contribution in [2.45, 2.75) is 0 Å². The van der Waals surface area contributed by atoms with Crippen molar-refractivity contribution in [1.82, 2.24) is 0 Å². The van der Waals surface area contributed by atoms with Crippen molar-refractivity contribution < 1.29 is 19.6 Å². The molecule has 29 heavy (non-hydrogen) atoms. The number of hydrogen-bond acceptors (Lipinski definition) is 4. The van der Waals surface area contributed by atoms with Gasteiger partial charge in [0, 0.05) is 23.4 Å². The van der Waals surface area contributed by atoms with Crippen LogP contribution in [0.3, 0.4) is 0 Å². The van der Waals surface area contributed by atoms with E-state index < -0.39 is 16.8 Å². The van der Waals surface area contributed by atoms with E-state index in [0.29, 0.717) is 5.69 Å².